The van der Waals surface area contributed by atoms with Crippen LogP contribution in [0.2, 0.25) is 10.0 Å². The van der Waals surface area contributed by atoms with Gasteiger partial charge < -0.3 is 9.84 Å². The smallest absolute Gasteiger partial charge is 0.242 e. The molecular formula is C13H17Cl2NO4S. The third-order valence-corrected chi connectivity index (χ3v) is 5.67. The van der Waals surface area contributed by atoms with E-state index in [4.69, 9.17) is 27.9 Å². The molecule has 0 amide bonds. The van der Waals surface area contributed by atoms with Gasteiger partial charge in [0.15, 0.2) is 0 Å². The van der Waals surface area contributed by atoms with Crippen molar-refractivity contribution in [3.05, 3.63) is 27.7 Å². The molecule has 2 rings (SSSR count). The second kappa shape index (κ2) is 7.26. The van der Waals surface area contributed by atoms with Crippen LogP contribution in [-0.4, -0.2) is 33.3 Å². The lowest BCUT2D eigenvalue weighted by molar-refractivity contribution is 0.184. The van der Waals surface area contributed by atoms with Crippen molar-refractivity contribution in [1.82, 2.24) is 4.72 Å². The molecule has 1 saturated heterocycles. The van der Waals surface area contributed by atoms with E-state index < -0.39 is 10.0 Å². The Balaban J connectivity index is 2.09. The second-order valence-corrected chi connectivity index (χ2v) is 7.50. The summed E-state index contributed by atoms with van der Waals surface area (Å²) in [6.07, 6.45) is 1.67. The highest BCUT2D eigenvalue weighted by Gasteiger charge is 2.22. The van der Waals surface area contributed by atoms with Crippen LogP contribution in [0, 0.1) is 5.92 Å². The topological polar surface area (TPSA) is 75.6 Å². The third kappa shape index (κ3) is 4.31. The quantitative estimate of drug-likeness (QED) is 0.821. The summed E-state index contributed by atoms with van der Waals surface area (Å²) < 4.78 is 32.3. The lowest BCUT2D eigenvalue weighted by Gasteiger charge is -2.12. The van der Waals surface area contributed by atoms with E-state index in [9.17, 15) is 13.5 Å². The first-order valence-corrected chi connectivity index (χ1v) is 8.84. The molecule has 1 heterocycles. The Labute approximate surface area is 134 Å². The van der Waals surface area contributed by atoms with Crippen molar-refractivity contribution in [1.29, 1.82) is 0 Å². The largest absolute Gasteiger partial charge is 0.392 e. The SMILES string of the molecule is O=S(=O)(NCCC1CCOC1)c1cc(Cl)cc(CO)c1Cl. The van der Waals surface area contributed by atoms with Crippen LogP contribution in [0.15, 0.2) is 17.0 Å². The zero-order chi connectivity index (χ0) is 15.5. The number of halogens is 2. The van der Waals surface area contributed by atoms with Crippen molar-refractivity contribution in [2.24, 2.45) is 5.92 Å². The van der Waals surface area contributed by atoms with E-state index in [0.29, 0.717) is 25.5 Å². The van der Waals surface area contributed by atoms with Gasteiger partial charge in [0.25, 0.3) is 0 Å². The minimum absolute atomic E-state index is 0.00130. The van der Waals surface area contributed by atoms with E-state index in [1.165, 1.54) is 12.1 Å². The predicted molar refractivity (Wildman–Crippen MR) is 81.1 cm³/mol. The van der Waals surface area contributed by atoms with Crippen molar-refractivity contribution in [3.8, 4) is 0 Å². The molecule has 0 saturated carbocycles. The van der Waals surface area contributed by atoms with E-state index in [2.05, 4.69) is 4.72 Å². The molecule has 0 spiro atoms. The van der Waals surface area contributed by atoms with Crippen molar-refractivity contribution in [3.63, 3.8) is 0 Å². The highest BCUT2D eigenvalue weighted by Crippen LogP contribution is 2.29. The summed E-state index contributed by atoms with van der Waals surface area (Å²) in [4.78, 5) is -0.108. The Morgan fingerprint density at radius 1 is 1.38 bits per heavy atom. The number of benzene rings is 1. The maximum atomic E-state index is 12.3. The van der Waals surface area contributed by atoms with Gasteiger partial charge in [-0.2, -0.15) is 0 Å². The summed E-state index contributed by atoms with van der Waals surface area (Å²) in [7, 11) is -3.76. The number of rotatable bonds is 6. The number of hydrogen-bond acceptors (Lipinski definition) is 4. The first kappa shape index (κ1) is 17.0. The number of ether oxygens (including phenoxy) is 1. The summed E-state index contributed by atoms with van der Waals surface area (Å²) in [6.45, 7) is 1.35. The maximum Gasteiger partial charge on any atom is 0.242 e. The van der Waals surface area contributed by atoms with E-state index in [1.807, 2.05) is 0 Å². The first-order valence-electron chi connectivity index (χ1n) is 6.60. The van der Waals surface area contributed by atoms with Crippen LogP contribution in [-0.2, 0) is 21.4 Å². The third-order valence-electron chi connectivity index (χ3n) is 3.41. The van der Waals surface area contributed by atoms with E-state index in [0.717, 1.165) is 13.0 Å². The highest BCUT2D eigenvalue weighted by molar-refractivity contribution is 7.89. The zero-order valence-electron chi connectivity index (χ0n) is 11.3. The van der Waals surface area contributed by atoms with Gasteiger partial charge in [-0.1, -0.05) is 23.2 Å². The van der Waals surface area contributed by atoms with Gasteiger partial charge in [0.2, 0.25) is 10.0 Å². The first-order chi connectivity index (χ1) is 9.94. The fourth-order valence-electron chi connectivity index (χ4n) is 2.22. The Hall–Kier alpha value is -0.370. The molecule has 1 aliphatic heterocycles. The van der Waals surface area contributed by atoms with Gasteiger partial charge in [0.1, 0.15) is 4.90 Å². The van der Waals surface area contributed by atoms with Crippen LogP contribution in [0.3, 0.4) is 0 Å². The fraction of sp³-hybridized carbons (Fsp3) is 0.538. The zero-order valence-corrected chi connectivity index (χ0v) is 13.6. The minimum Gasteiger partial charge on any atom is -0.392 e. The van der Waals surface area contributed by atoms with Gasteiger partial charge in [-0.15, -0.1) is 0 Å². The molecule has 1 fully saturated rings. The number of nitrogens with one attached hydrogen (secondary N) is 1. The van der Waals surface area contributed by atoms with E-state index in [-0.39, 0.29) is 27.1 Å². The molecule has 0 aromatic heterocycles. The molecule has 5 nitrogen and oxygen atoms in total. The van der Waals surface area contributed by atoms with Crippen LogP contribution in [0.1, 0.15) is 18.4 Å². The van der Waals surface area contributed by atoms with Crippen LogP contribution in [0.25, 0.3) is 0 Å². The molecule has 21 heavy (non-hydrogen) atoms. The lowest BCUT2D eigenvalue weighted by atomic mass is 10.1. The second-order valence-electron chi connectivity index (χ2n) is 4.95. The molecule has 118 valence electrons. The molecule has 0 bridgehead atoms. The Bertz CT molecular complexity index is 600. The maximum absolute atomic E-state index is 12.3. The van der Waals surface area contributed by atoms with E-state index >= 15 is 0 Å². The lowest BCUT2D eigenvalue weighted by Crippen LogP contribution is -2.26. The Morgan fingerprint density at radius 3 is 2.76 bits per heavy atom. The van der Waals surface area contributed by atoms with Crippen molar-refractivity contribution in [2.75, 3.05) is 19.8 Å². The summed E-state index contributed by atoms with van der Waals surface area (Å²) in [6, 6.07) is 2.73. The predicted octanol–water partition coefficient (Wildman–Crippen LogP) is 2.19. The Kier molecular flexibility index (Phi) is 5.88. The average Bonchev–Trinajstić information content (AvgIpc) is 2.93. The number of aliphatic hydroxyl groups excluding tert-OH is 1. The van der Waals surface area contributed by atoms with Gasteiger partial charge in [0.05, 0.1) is 11.6 Å². The van der Waals surface area contributed by atoms with Crippen molar-refractivity contribution < 1.29 is 18.3 Å². The molecule has 1 aliphatic rings. The van der Waals surface area contributed by atoms with Gasteiger partial charge in [-0.3, -0.25) is 0 Å². The van der Waals surface area contributed by atoms with Crippen LogP contribution >= 0.6 is 23.2 Å². The average molecular weight is 354 g/mol. The standard InChI is InChI=1S/C13H17Cl2NO4S/c14-11-5-10(7-17)13(15)12(6-11)21(18,19)16-3-1-9-2-4-20-8-9/h5-6,9,16-17H,1-4,7-8H2. The summed E-state index contributed by atoms with van der Waals surface area (Å²) >= 11 is 11.9. The molecule has 8 heteroatoms. The highest BCUT2D eigenvalue weighted by atomic mass is 35.5. The molecule has 1 aromatic carbocycles. The van der Waals surface area contributed by atoms with Crippen LogP contribution in [0.5, 0.6) is 0 Å². The Morgan fingerprint density at radius 2 is 2.14 bits per heavy atom. The van der Waals surface area contributed by atoms with E-state index in [1.54, 1.807) is 0 Å². The summed E-state index contributed by atoms with van der Waals surface area (Å²) in [5.41, 5.74) is 0.286. The monoisotopic (exact) mass is 353 g/mol. The molecular weight excluding hydrogens is 337 g/mol. The van der Waals surface area contributed by atoms with Gasteiger partial charge in [-0.25, -0.2) is 13.1 Å². The molecule has 0 radical (unpaired) electrons. The molecule has 1 unspecified atom stereocenters. The minimum atomic E-state index is -3.76. The summed E-state index contributed by atoms with van der Waals surface area (Å²) in [5.74, 6) is 0.385. The van der Waals surface area contributed by atoms with Crippen molar-refractivity contribution in [2.45, 2.75) is 24.3 Å². The number of hydrogen-bond donors (Lipinski definition) is 2. The molecule has 1 aromatic rings. The van der Waals surface area contributed by atoms with Gasteiger partial charge in [-0.05, 0) is 36.5 Å². The fourth-order valence-corrected chi connectivity index (χ4v) is 4.19. The van der Waals surface area contributed by atoms with Crippen LogP contribution in [0.4, 0.5) is 0 Å². The van der Waals surface area contributed by atoms with Crippen LogP contribution < -0.4 is 4.72 Å². The molecule has 2 N–H and O–H groups in total. The number of sulfonamides is 1. The molecule has 1 atom stereocenters. The molecule has 0 aliphatic carbocycles. The summed E-state index contributed by atoms with van der Waals surface area (Å²) in [5, 5.41) is 9.39. The van der Waals surface area contributed by atoms with Gasteiger partial charge >= 0.3 is 0 Å². The number of aliphatic hydroxyl groups is 1. The van der Waals surface area contributed by atoms with Gasteiger partial charge in [0, 0.05) is 24.8 Å². The van der Waals surface area contributed by atoms with Crippen molar-refractivity contribution >= 4 is 33.2 Å². The normalized spacial score (nSPS) is 19.1.